The molecule has 0 amide bonds. The van der Waals surface area contributed by atoms with E-state index in [4.69, 9.17) is 19.9 Å². The number of carbonyl (C=O) groups excluding carboxylic acids is 1. The van der Waals surface area contributed by atoms with Crippen molar-refractivity contribution >= 4 is 11.7 Å². The van der Waals surface area contributed by atoms with Crippen molar-refractivity contribution in [3.05, 3.63) is 24.3 Å². The standard InChI is InChI=1S/C15H22N2O4/c1-2-17-7-8-19-14(9-17)10-21-15(18)11-20-13-5-3-12(16)4-6-13/h3-6,14H,2,7-11,16H2,1H3. The summed E-state index contributed by atoms with van der Waals surface area (Å²) < 4.78 is 16.1. The lowest BCUT2D eigenvalue weighted by molar-refractivity contribution is -0.152. The number of hydrogen-bond acceptors (Lipinski definition) is 6. The van der Waals surface area contributed by atoms with Gasteiger partial charge in [0.25, 0.3) is 0 Å². The molecule has 2 N–H and O–H groups in total. The Morgan fingerprint density at radius 1 is 1.43 bits per heavy atom. The van der Waals surface area contributed by atoms with E-state index in [1.54, 1.807) is 24.3 Å². The van der Waals surface area contributed by atoms with E-state index in [9.17, 15) is 4.79 Å². The molecule has 0 bridgehead atoms. The molecule has 0 spiro atoms. The zero-order valence-electron chi connectivity index (χ0n) is 12.3. The average Bonchev–Trinajstić information content (AvgIpc) is 2.52. The fraction of sp³-hybridized carbons (Fsp3) is 0.533. The molecule has 1 aliphatic heterocycles. The first kappa shape index (κ1) is 15.6. The van der Waals surface area contributed by atoms with Gasteiger partial charge in [0.05, 0.1) is 6.61 Å². The van der Waals surface area contributed by atoms with Gasteiger partial charge in [-0.25, -0.2) is 4.79 Å². The number of carbonyl (C=O) groups is 1. The minimum Gasteiger partial charge on any atom is -0.482 e. The molecule has 1 fully saturated rings. The number of nitrogen functional groups attached to an aromatic ring is 1. The molecule has 116 valence electrons. The summed E-state index contributed by atoms with van der Waals surface area (Å²) >= 11 is 0. The molecule has 2 rings (SSSR count). The summed E-state index contributed by atoms with van der Waals surface area (Å²) in [7, 11) is 0. The lowest BCUT2D eigenvalue weighted by Crippen LogP contribution is -2.44. The number of nitrogens with two attached hydrogens (primary N) is 1. The van der Waals surface area contributed by atoms with Crippen molar-refractivity contribution < 1.29 is 19.0 Å². The van der Waals surface area contributed by atoms with Crippen molar-refractivity contribution in [1.29, 1.82) is 0 Å². The van der Waals surface area contributed by atoms with Crippen LogP contribution < -0.4 is 10.5 Å². The van der Waals surface area contributed by atoms with Crippen molar-refractivity contribution in [2.24, 2.45) is 0 Å². The Morgan fingerprint density at radius 3 is 2.90 bits per heavy atom. The molecule has 1 atom stereocenters. The number of ether oxygens (including phenoxy) is 3. The lowest BCUT2D eigenvalue weighted by Gasteiger charge is -2.31. The first-order valence-corrected chi connectivity index (χ1v) is 7.15. The number of nitrogens with zero attached hydrogens (tertiary/aromatic N) is 1. The molecule has 1 heterocycles. The highest BCUT2D eigenvalue weighted by Crippen LogP contribution is 2.13. The van der Waals surface area contributed by atoms with E-state index in [2.05, 4.69) is 11.8 Å². The zero-order valence-corrected chi connectivity index (χ0v) is 12.3. The second-order valence-corrected chi connectivity index (χ2v) is 4.93. The van der Waals surface area contributed by atoms with Crippen LogP contribution in [0.2, 0.25) is 0 Å². The van der Waals surface area contributed by atoms with Crippen LogP contribution in [0.4, 0.5) is 5.69 Å². The van der Waals surface area contributed by atoms with E-state index in [1.165, 1.54) is 0 Å². The summed E-state index contributed by atoms with van der Waals surface area (Å²) in [5.74, 6) is 0.191. The summed E-state index contributed by atoms with van der Waals surface area (Å²) in [6.07, 6.45) is -0.0563. The molecule has 21 heavy (non-hydrogen) atoms. The van der Waals surface area contributed by atoms with Crippen molar-refractivity contribution in [2.45, 2.75) is 13.0 Å². The highest BCUT2D eigenvalue weighted by atomic mass is 16.6. The minimum absolute atomic E-state index is 0.0563. The van der Waals surface area contributed by atoms with Crippen molar-refractivity contribution in [2.75, 3.05) is 45.2 Å². The van der Waals surface area contributed by atoms with Crippen LogP contribution in [-0.4, -0.2) is 56.4 Å². The van der Waals surface area contributed by atoms with Gasteiger partial charge in [0.2, 0.25) is 0 Å². The van der Waals surface area contributed by atoms with Crippen LogP contribution in [0.15, 0.2) is 24.3 Å². The monoisotopic (exact) mass is 294 g/mol. The number of anilines is 1. The Balaban J connectivity index is 1.66. The van der Waals surface area contributed by atoms with E-state index in [0.29, 0.717) is 18.0 Å². The third-order valence-corrected chi connectivity index (χ3v) is 3.34. The van der Waals surface area contributed by atoms with Gasteiger partial charge in [-0.3, -0.25) is 4.90 Å². The third kappa shape index (κ3) is 5.24. The predicted octanol–water partition coefficient (Wildman–Crippen LogP) is 0.911. The maximum Gasteiger partial charge on any atom is 0.344 e. The number of hydrogen-bond donors (Lipinski definition) is 1. The maximum atomic E-state index is 11.6. The smallest absolute Gasteiger partial charge is 0.344 e. The molecule has 0 aromatic heterocycles. The first-order valence-electron chi connectivity index (χ1n) is 7.15. The Bertz CT molecular complexity index is 449. The highest BCUT2D eigenvalue weighted by molar-refractivity contribution is 5.71. The van der Waals surface area contributed by atoms with Crippen LogP contribution in [0.5, 0.6) is 5.75 Å². The molecule has 1 unspecified atom stereocenters. The fourth-order valence-electron chi connectivity index (χ4n) is 2.10. The van der Waals surface area contributed by atoms with Crippen LogP contribution in [0, 0.1) is 0 Å². The fourth-order valence-corrected chi connectivity index (χ4v) is 2.10. The lowest BCUT2D eigenvalue weighted by atomic mass is 10.3. The van der Waals surface area contributed by atoms with Crippen molar-refractivity contribution in [1.82, 2.24) is 4.90 Å². The summed E-state index contributed by atoms with van der Waals surface area (Å²) in [5, 5.41) is 0. The topological polar surface area (TPSA) is 74.0 Å². The number of likely N-dealkylation sites (N-methyl/N-ethyl adjacent to an activating group) is 1. The third-order valence-electron chi connectivity index (χ3n) is 3.34. The second kappa shape index (κ2) is 7.85. The first-order chi connectivity index (χ1) is 10.2. The molecule has 1 aromatic rings. The Kier molecular flexibility index (Phi) is 5.83. The highest BCUT2D eigenvalue weighted by Gasteiger charge is 2.20. The van der Waals surface area contributed by atoms with Crippen LogP contribution in [0.1, 0.15) is 6.92 Å². The molecule has 1 saturated heterocycles. The molecular weight excluding hydrogens is 272 g/mol. The molecule has 0 aliphatic carbocycles. The molecule has 6 nitrogen and oxygen atoms in total. The van der Waals surface area contributed by atoms with Gasteiger partial charge in [0, 0.05) is 18.8 Å². The van der Waals surface area contributed by atoms with Crippen LogP contribution in [-0.2, 0) is 14.3 Å². The van der Waals surface area contributed by atoms with Gasteiger partial charge in [-0.15, -0.1) is 0 Å². The van der Waals surface area contributed by atoms with Gasteiger partial charge >= 0.3 is 5.97 Å². The maximum absolute atomic E-state index is 11.6. The van der Waals surface area contributed by atoms with Gasteiger partial charge < -0.3 is 19.9 Å². The predicted molar refractivity (Wildman–Crippen MR) is 79.2 cm³/mol. The molecule has 0 radical (unpaired) electrons. The number of benzene rings is 1. The number of rotatable bonds is 6. The molecule has 0 saturated carbocycles. The van der Waals surface area contributed by atoms with Gasteiger partial charge in [-0.2, -0.15) is 0 Å². The van der Waals surface area contributed by atoms with E-state index in [1.807, 2.05) is 0 Å². The van der Waals surface area contributed by atoms with E-state index >= 15 is 0 Å². The van der Waals surface area contributed by atoms with E-state index < -0.39 is 5.97 Å². The Morgan fingerprint density at radius 2 is 2.19 bits per heavy atom. The quantitative estimate of drug-likeness (QED) is 0.621. The largest absolute Gasteiger partial charge is 0.482 e. The summed E-state index contributed by atoms with van der Waals surface area (Å²) in [6.45, 7) is 5.64. The van der Waals surface area contributed by atoms with Crippen LogP contribution >= 0.6 is 0 Å². The van der Waals surface area contributed by atoms with Crippen molar-refractivity contribution in [3.8, 4) is 5.75 Å². The summed E-state index contributed by atoms with van der Waals surface area (Å²) in [6, 6.07) is 6.86. The van der Waals surface area contributed by atoms with Gasteiger partial charge in [-0.1, -0.05) is 6.92 Å². The van der Waals surface area contributed by atoms with Gasteiger partial charge in [0.1, 0.15) is 18.5 Å². The van der Waals surface area contributed by atoms with Crippen LogP contribution in [0.25, 0.3) is 0 Å². The summed E-state index contributed by atoms with van der Waals surface area (Å²) in [5.41, 5.74) is 6.22. The number of esters is 1. The number of morpholine rings is 1. The molecule has 1 aromatic carbocycles. The van der Waals surface area contributed by atoms with Crippen molar-refractivity contribution in [3.63, 3.8) is 0 Å². The average molecular weight is 294 g/mol. The zero-order chi connectivity index (χ0) is 15.1. The SMILES string of the molecule is CCN1CCOC(COC(=O)COc2ccc(N)cc2)C1. The van der Waals surface area contributed by atoms with E-state index in [-0.39, 0.29) is 19.3 Å². The van der Waals surface area contributed by atoms with Gasteiger partial charge in [-0.05, 0) is 30.8 Å². The summed E-state index contributed by atoms with van der Waals surface area (Å²) in [4.78, 5) is 13.9. The molecular formula is C15H22N2O4. The van der Waals surface area contributed by atoms with Gasteiger partial charge in [0.15, 0.2) is 6.61 Å². The second-order valence-electron chi connectivity index (χ2n) is 4.93. The normalized spacial score (nSPS) is 19.2. The molecule has 1 aliphatic rings. The molecule has 6 heteroatoms. The Hall–Kier alpha value is -1.79. The van der Waals surface area contributed by atoms with E-state index in [0.717, 1.165) is 19.6 Å². The Labute approximate surface area is 124 Å². The minimum atomic E-state index is -0.399. The van der Waals surface area contributed by atoms with Crippen LogP contribution in [0.3, 0.4) is 0 Å².